The molecule has 3 heterocycles. The molecule has 4 rings (SSSR count). The summed E-state index contributed by atoms with van der Waals surface area (Å²) < 4.78 is 0. The summed E-state index contributed by atoms with van der Waals surface area (Å²) in [6.07, 6.45) is 5.29. The fraction of sp³-hybridized carbons (Fsp3) is 0.350. The van der Waals surface area contributed by atoms with Gasteiger partial charge in [-0.3, -0.25) is 0 Å². The van der Waals surface area contributed by atoms with Gasteiger partial charge in [0, 0.05) is 50.8 Å². The summed E-state index contributed by atoms with van der Waals surface area (Å²) in [6, 6.07) is 10.2. The third kappa shape index (κ3) is 3.85. The van der Waals surface area contributed by atoms with Crippen LogP contribution in [0, 0.1) is 6.92 Å². The van der Waals surface area contributed by atoms with Crippen LogP contribution in [-0.2, 0) is 0 Å². The Bertz CT molecular complexity index is 909. The zero-order valence-corrected chi connectivity index (χ0v) is 16.2. The molecule has 0 N–H and O–H groups in total. The molecule has 0 spiro atoms. The van der Waals surface area contributed by atoms with Crippen molar-refractivity contribution in [2.75, 3.05) is 47.4 Å². The lowest BCUT2D eigenvalue weighted by Gasteiger charge is -2.35. The summed E-state index contributed by atoms with van der Waals surface area (Å²) in [5, 5.41) is 8.50. The minimum Gasteiger partial charge on any atom is -0.352 e. The van der Waals surface area contributed by atoms with Crippen molar-refractivity contribution < 1.29 is 0 Å². The molecule has 1 aliphatic heterocycles. The largest absolute Gasteiger partial charge is 0.352 e. The van der Waals surface area contributed by atoms with Gasteiger partial charge in [0.2, 0.25) is 5.95 Å². The maximum Gasteiger partial charge on any atom is 0.251 e. The number of hydrogen-bond acceptors (Lipinski definition) is 8. The fourth-order valence-corrected chi connectivity index (χ4v) is 3.38. The van der Waals surface area contributed by atoms with Gasteiger partial charge in [-0.25, -0.2) is 9.97 Å². The van der Waals surface area contributed by atoms with Gasteiger partial charge in [-0.05, 0) is 37.6 Å². The van der Waals surface area contributed by atoms with Crippen LogP contribution in [0.1, 0.15) is 12.5 Å². The van der Waals surface area contributed by atoms with Crippen LogP contribution in [0.5, 0.6) is 0 Å². The Morgan fingerprint density at radius 3 is 2.46 bits per heavy atom. The highest BCUT2D eigenvalue weighted by Crippen LogP contribution is 2.24. The lowest BCUT2D eigenvalue weighted by atomic mass is 10.2. The SMILES string of the molecule is CCN(c1cccc(C)c1)c1nncc(N2CCN(c3ncccn3)CC2)n1. The first-order chi connectivity index (χ1) is 13.7. The van der Waals surface area contributed by atoms with Gasteiger partial charge in [0.15, 0.2) is 5.82 Å². The van der Waals surface area contributed by atoms with Gasteiger partial charge in [0.1, 0.15) is 0 Å². The number of benzene rings is 1. The number of nitrogens with zero attached hydrogens (tertiary/aromatic N) is 8. The van der Waals surface area contributed by atoms with Crippen molar-refractivity contribution in [2.24, 2.45) is 0 Å². The standard InChI is InChI=1S/C20H24N8/c1-3-28(17-7-4-6-16(2)14-17)20-24-18(15-23-25-20)26-10-12-27(13-11-26)19-21-8-5-9-22-19/h4-9,14-15H,3,10-13H2,1-2H3. The maximum absolute atomic E-state index is 4.80. The van der Waals surface area contributed by atoms with Gasteiger partial charge < -0.3 is 14.7 Å². The molecule has 144 valence electrons. The Morgan fingerprint density at radius 1 is 1.00 bits per heavy atom. The maximum atomic E-state index is 4.80. The van der Waals surface area contributed by atoms with Crippen LogP contribution < -0.4 is 14.7 Å². The molecule has 0 bridgehead atoms. The minimum absolute atomic E-state index is 0.624. The van der Waals surface area contributed by atoms with Crippen LogP contribution in [0.4, 0.5) is 23.4 Å². The molecule has 0 saturated carbocycles. The van der Waals surface area contributed by atoms with E-state index in [-0.39, 0.29) is 0 Å². The van der Waals surface area contributed by atoms with E-state index in [2.05, 4.69) is 73.0 Å². The predicted octanol–water partition coefficient (Wildman–Crippen LogP) is 2.45. The zero-order valence-electron chi connectivity index (χ0n) is 16.2. The number of hydrogen-bond donors (Lipinski definition) is 0. The quantitative estimate of drug-likeness (QED) is 0.672. The first-order valence-corrected chi connectivity index (χ1v) is 9.55. The van der Waals surface area contributed by atoms with E-state index in [1.165, 1.54) is 5.56 Å². The molecule has 28 heavy (non-hydrogen) atoms. The average Bonchev–Trinajstić information content (AvgIpc) is 2.75. The topological polar surface area (TPSA) is 74.2 Å². The molecule has 3 aromatic rings. The Kier molecular flexibility index (Phi) is 5.27. The van der Waals surface area contributed by atoms with Crippen molar-refractivity contribution >= 4 is 23.4 Å². The summed E-state index contributed by atoms with van der Waals surface area (Å²) in [5.41, 5.74) is 2.28. The Morgan fingerprint density at radius 2 is 1.75 bits per heavy atom. The smallest absolute Gasteiger partial charge is 0.251 e. The third-order valence-corrected chi connectivity index (χ3v) is 4.84. The second-order valence-electron chi connectivity index (χ2n) is 6.72. The monoisotopic (exact) mass is 376 g/mol. The Hall–Kier alpha value is -3.29. The highest BCUT2D eigenvalue weighted by atomic mass is 15.4. The van der Waals surface area contributed by atoms with Crippen LogP contribution >= 0.6 is 0 Å². The average molecular weight is 376 g/mol. The van der Waals surface area contributed by atoms with E-state index in [9.17, 15) is 0 Å². The second-order valence-corrected chi connectivity index (χ2v) is 6.72. The molecule has 0 atom stereocenters. The van der Waals surface area contributed by atoms with Crippen LogP contribution in [0.2, 0.25) is 0 Å². The molecular formula is C20H24N8. The van der Waals surface area contributed by atoms with E-state index in [1.54, 1.807) is 18.6 Å². The summed E-state index contributed by atoms with van der Waals surface area (Å²) in [6.45, 7) is 8.32. The van der Waals surface area contributed by atoms with Gasteiger partial charge in [0.05, 0.1) is 6.20 Å². The Labute approximate surface area is 164 Å². The molecule has 2 aromatic heterocycles. The number of rotatable bonds is 5. The van der Waals surface area contributed by atoms with E-state index < -0.39 is 0 Å². The number of piperazine rings is 1. The normalized spacial score (nSPS) is 14.2. The van der Waals surface area contributed by atoms with E-state index in [4.69, 9.17) is 4.98 Å². The molecule has 1 aromatic carbocycles. The molecule has 0 aliphatic carbocycles. The van der Waals surface area contributed by atoms with E-state index >= 15 is 0 Å². The third-order valence-electron chi connectivity index (χ3n) is 4.84. The lowest BCUT2D eigenvalue weighted by Crippen LogP contribution is -2.47. The van der Waals surface area contributed by atoms with E-state index in [0.29, 0.717) is 5.95 Å². The highest BCUT2D eigenvalue weighted by molar-refractivity contribution is 5.59. The van der Waals surface area contributed by atoms with Crippen molar-refractivity contribution in [1.29, 1.82) is 0 Å². The molecule has 8 nitrogen and oxygen atoms in total. The van der Waals surface area contributed by atoms with Gasteiger partial charge in [0.25, 0.3) is 5.95 Å². The van der Waals surface area contributed by atoms with Gasteiger partial charge in [-0.2, -0.15) is 10.1 Å². The summed E-state index contributed by atoms with van der Waals surface area (Å²) in [4.78, 5) is 20.0. The molecule has 8 heteroatoms. The molecule has 1 aliphatic rings. The van der Waals surface area contributed by atoms with Crippen molar-refractivity contribution in [2.45, 2.75) is 13.8 Å². The summed E-state index contributed by atoms with van der Waals surface area (Å²) >= 11 is 0. The second kappa shape index (κ2) is 8.16. The van der Waals surface area contributed by atoms with Crippen molar-refractivity contribution in [3.63, 3.8) is 0 Å². The van der Waals surface area contributed by atoms with Crippen molar-refractivity contribution in [1.82, 2.24) is 25.1 Å². The van der Waals surface area contributed by atoms with Crippen LogP contribution in [0.15, 0.2) is 48.9 Å². The van der Waals surface area contributed by atoms with Crippen LogP contribution in [-0.4, -0.2) is 57.9 Å². The first kappa shape index (κ1) is 18.1. The van der Waals surface area contributed by atoms with Crippen molar-refractivity contribution in [3.8, 4) is 0 Å². The highest BCUT2D eigenvalue weighted by Gasteiger charge is 2.21. The molecule has 0 radical (unpaired) electrons. The number of aryl methyl sites for hydroxylation is 1. The van der Waals surface area contributed by atoms with Gasteiger partial charge in [-0.1, -0.05) is 12.1 Å². The van der Waals surface area contributed by atoms with E-state index in [0.717, 1.165) is 50.2 Å². The number of aromatic nitrogens is 5. The van der Waals surface area contributed by atoms with Gasteiger partial charge >= 0.3 is 0 Å². The minimum atomic E-state index is 0.624. The Balaban J connectivity index is 1.50. The lowest BCUT2D eigenvalue weighted by molar-refractivity contribution is 0.631. The molecule has 0 amide bonds. The molecule has 1 fully saturated rings. The zero-order chi connectivity index (χ0) is 19.3. The van der Waals surface area contributed by atoms with Gasteiger partial charge in [-0.15, -0.1) is 5.10 Å². The number of anilines is 4. The first-order valence-electron chi connectivity index (χ1n) is 9.55. The van der Waals surface area contributed by atoms with Crippen LogP contribution in [0.3, 0.4) is 0 Å². The fourth-order valence-electron chi connectivity index (χ4n) is 3.38. The summed E-state index contributed by atoms with van der Waals surface area (Å²) in [7, 11) is 0. The molecular weight excluding hydrogens is 352 g/mol. The molecule has 0 unspecified atom stereocenters. The predicted molar refractivity (Wildman–Crippen MR) is 110 cm³/mol. The summed E-state index contributed by atoms with van der Waals surface area (Å²) in [5.74, 6) is 2.25. The molecule has 1 saturated heterocycles. The van der Waals surface area contributed by atoms with E-state index in [1.807, 2.05) is 6.07 Å². The van der Waals surface area contributed by atoms with Crippen molar-refractivity contribution in [3.05, 3.63) is 54.5 Å². The van der Waals surface area contributed by atoms with Crippen LogP contribution in [0.25, 0.3) is 0 Å².